The molecule has 0 amide bonds. The Bertz CT molecular complexity index is 681. The number of aromatic nitrogens is 2. The topological polar surface area (TPSA) is 110 Å². The van der Waals surface area contributed by atoms with E-state index in [0.29, 0.717) is 13.0 Å². The van der Waals surface area contributed by atoms with Gasteiger partial charge in [0.25, 0.3) is 5.69 Å². The molecule has 0 aliphatic heterocycles. The summed E-state index contributed by atoms with van der Waals surface area (Å²) in [4.78, 5) is 25.5. The Morgan fingerprint density at radius 1 is 1.52 bits per heavy atom. The number of hydrogen-bond acceptors (Lipinski definition) is 5. The molecule has 2 N–H and O–H groups in total. The number of carbonyl (C=O) groups is 1. The summed E-state index contributed by atoms with van der Waals surface area (Å²) >= 11 is 0. The van der Waals surface area contributed by atoms with Crippen LogP contribution in [0.25, 0.3) is 0 Å². The molecule has 21 heavy (non-hydrogen) atoms. The lowest BCUT2D eigenvalue weighted by atomic mass is 10.1. The minimum atomic E-state index is -1.13. The Kier molecular flexibility index (Phi) is 4.17. The zero-order valence-electron chi connectivity index (χ0n) is 11.3. The maximum Gasteiger partial charge on any atom is 0.337 e. The number of nitro groups is 1. The number of nitrogens with one attached hydrogen (secondary N) is 1. The Hall–Kier alpha value is -2.90. The fraction of sp³-hybridized carbons (Fsp3) is 0.231. The van der Waals surface area contributed by atoms with Crippen LogP contribution in [-0.4, -0.2) is 32.1 Å². The van der Waals surface area contributed by atoms with Crippen LogP contribution < -0.4 is 5.32 Å². The quantitative estimate of drug-likeness (QED) is 0.618. The summed E-state index contributed by atoms with van der Waals surface area (Å²) in [6, 6.07) is 3.62. The smallest absolute Gasteiger partial charge is 0.337 e. The minimum Gasteiger partial charge on any atom is -0.478 e. The van der Waals surface area contributed by atoms with Crippen molar-refractivity contribution < 1.29 is 14.8 Å². The molecule has 0 aliphatic carbocycles. The fourth-order valence-electron chi connectivity index (χ4n) is 1.92. The highest BCUT2D eigenvalue weighted by Gasteiger charge is 2.15. The number of aryl methyl sites for hydroxylation is 1. The van der Waals surface area contributed by atoms with E-state index in [2.05, 4.69) is 10.3 Å². The van der Waals surface area contributed by atoms with Gasteiger partial charge in [0.15, 0.2) is 0 Å². The van der Waals surface area contributed by atoms with E-state index < -0.39 is 10.9 Å². The fourth-order valence-corrected chi connectivity index (χ4v) is 1.92. The maximum atomic E-state index is 11.1. The molecule has 1 aromatic heterocycles. The van der Waals surface area contributed by atoms with Crippen molar-refractivity contribution in [2.24, 2.45) is 7.05 Å². The summed E-state index contributed by atoms with van der Waals surface area (Å²) < 4.78 is 1.85. The van der Waals surface area contributed by atoms with Crippen molar-refractivity contribution in [2.45, 2.75) is 6.42 Å². The van der Waals surface area contributed by atoms with Gasteiger partial charge in [-0.1, -0.05) is 0 Å². The first-order valence-electron chi connectivity index (χ1n) is 6.21. The van der Waals surface area contributed by atoms with E-state index in [9.17, 15) is 14.9 Å². The van der Waals surface area contributed by atoms with Gasteiger partial charge in [-0.2, -0.15) is 0 Å². The van der Waals surface area contributed by atoms with Crippen LogP contribution in [0.2, 0.25) is 0 Å². The summed E-state index contributed by atoms with van der Waals surface area (Å²) in [5.74, 6) is -0.297. The van der Waals surface area contributed by atoms with Crippen LogP contribution in [0.15, 0.2) is 30.6 Å². The molecule has 0 fully saturated rings. The molecule has 110 valence electrons. The van der Waals surface area contributed by atoms with Crippen molar-refractivity contribution in [1.29, 1.82) is 0 Å². The second-order valence-corrected chi connectivity index (χ2v) is 4.42. The van der Waals surface area contributed by atoms with Crippen LogP contribution in [0, 0.1) is 10.1 Å². The monoisotopic (exact) mass is 290 g/mol. The lowest BCUT2D eigenvalue weighted by Gasteiger charge is -2.09. The van der Waals surface area contributed by atoms with E-state index in [1.165, 1.54) is 18.2 Å². The number of carboxylic acid groups (broad SMARTS) is 1. The number of hydrogen-bond donors (Lipinski definition) is 2. The first-order valence-corrected chi connectivity index (χ1v) is 6.21. The van der Waals surface area contributed by atoms with Crippen LogP contribution in [0.1, 0.15) is 16.2 Å². The molecule has 0 radical (unpaired) electrons. The highest BCUT2D eigenvalue weighted by Crippen LogP contribution is 2.22. The Balaban J connectivity index is 2.13. The van der Waals surface area contributed by atoms with E-state index in [0.717, 1.165) is 5.82 Å². The lowest BCUT2D eigenvalue weighted by molar-refractivity contribution is -0.384. The van der Waals surface area contributed by atoms with Crippen molar-refractivity contribution in [3.63, 3.8) is 0 Å². The lowest BCUT2D eigenvalue weighted by Crippen LogP contribution is -2.12. The second kappa shape index (κ2) is 6.04. The second-order valence-electron chi connectivity index (χ2n) is 4.42. The van der Waals surface area contributed by atoms with Gasteiger partial charge in [-0.15, -0.1) is 0 Å². The number of imidazole rings is 1. The maximum absolute atomic E-state index is 11.1. The highest BCUT2D eigenvalue weighted by atomic mass is 16.6. The van der Waals surface area contributed by atoms with E-state index >= 15 is 0 Å². The predicted octanol–water partition coefficient (Wildman–Crippen LogP) is 1.68. The zero-order chi connectivity index (χ0) is 15.4. The largest absolute Gasteiger partial charge is 0.478 e. The van der Waals surface area contributed by atoms with Gasteiger partial charge < -0.3 is 15.0 Å². The average molecular weight is 290 g/mol. The Morgan fingerprint density at radius 3 is 2.86 bits per heavy atom. The number of benzene rings is 1. The van der Waals surface area contributed by atoms with Crippen molar-refractivity contribution in [2.75, 3.05) is 11.9 Å². The highest BCUT2D eigenvalue weighted by molar-refractivity contribution is 5.94. The van der Waals surface area contributed by atoms with E-state index in [1.807, 2.05) is 17.8 Å². The van der Waals surface area contributed by atoms with Gasteiger partial charge in [0.05, 0.1) is 16.2 Å². The molecular weight excluding hydrogens is 276 g/mol. The summed E-state index contributed by atoms with van der Waals surface area (Å²) in [5.41, 5.74) is 0.0749. The number of nitrogens with zero attached hydrogens (tertiary/aromatic N) is 3. The van der Waals surface area contributed by atoms with Gasteiger partial charge in [-0.3, -0.25) is 10.1 Å². The molecule has 0 spiro atoms. The SMILES string of the molecule is Cn1ccnc1CCNc1cc([N+](=O)[O-])ccc1C(=O)O. The van der Waals surface area contributed by atoms with E-state index in [4.69, 9.17) is 5.11 Å². The number of non-ortho nitro benzene ring substituents is 1. The third-order valence-corrected chi connectivity index (χ3v) is 3.03. The first kappa shape index (κ1) is 14.5. The van der Waals surface area contributed by atoms with E-state index in [-0.39, 0.29) is 16.9 Å². The van der Waals surface area contributed by atoms with Gasteiger partial charge in [-0.25, -0.2) is 9.78 Å². The number of carboxylic acids is 1. The third-order valence-electron chi connectivity index (χ3n) is 3.03. The van der Waals surface area contributed by atoms with E-state index in [1.54, 1.807) is 6.20 Å². The van der Waals surface area contributed by atoms with Gasteiger partial charge in [0, 0.05) is 44.5 Å². The summed E-state index contributed by atoms with van der Waals surface area (Å²) in [6.07, 6.45) is 4.06. The zero-order valence-corrected chi connectivity index (χ0v) is 11.3. The standard InChI is InChI=1S/C13H14N4O4/c1-16-7-6-15-12(16)4-5-14-11-8-9(17(20)21)2-3-10(11)13(18)19/h2-3,6-8,14H,4-5H2,1H3,(H,18,19). The molecule has 0 atom stereocenters. The van der Waals surface area contributed by atoms with Gasteiger partial charge in [0.1, 0.15) is 5.82 Å². The van der Waals surface area contributed by atoms with Crippen LogP contribution >= 0.6 is 0 Å². The Morgan fingerprint density at radius 2 is 2.29 bits per heavy atom. The van der Waals surface area contributed by atoms with Gasteiger partial charge in [-0.05, 0) is 6.07 Å². The Labute approximate surface area is 120 Å². The molecule has 1 aromatic carbocycles. The molecule has 0 bridgehead atoms. The molecule has 8 heteroatoms. The van der Waals surface area contributed by atoms with Crippen molar-refractivity contribution in [3.05, 3.63) is 52.1 Å². The molecule has 0 saturated heterocycles. The van der Waals surface area contributed by atoms with Gasteiger partial charge in [0.2, 0.25) is 0 Å². The number of anilines is 1. The molecule has 2 aromatic rings. The molecule has 0 saturated carbocycles. The molecule has 8 nitrogen and oxygen atoms in total. The molecule has 1 heterocycles. The summed E-state index contributed by atoms with van der Waals surface area (Å²) in [6.45, 7) is 0.423. The predicted molar refractivity (Wildman–Crippen MR) is 75.5 cm³/mol. The van der Waals surface area contributed by atoms with Crippen LogP contribution in [0.4, 0.5) is 11.4 Å². The first-order chi connectivity index (χ1) is 9.99. The van der Waals surface area contributed by atoms with Gasteiger partial charge >= 0.3 is 5.97 Å². The molecular formula is C13H14N4O4. The number of nitro benzene ring substituents is 1. The third kappa shape index (κ3) is 3.35. The molecule has 0 aliphatic rings. The average Bonchev–Trinajstić information content (AvgIpc) is 2.84. The summed E-state index contributed by atoms with van der Waals surface area (Å²) in [5, 5.41) is 22.8. The van der Waals surface area contributed by atoms with Crippen molar-refractivity contribution in [1.82, 2.24) is 9.55 Å². The number of rotatable bonds is 6. The molecule has 0 unspecified atom stereocenters. The van der Waals surface area contributed by atoms with Crippen molar-refractivity contribution in [3.8, 4) is 0 Å². The van der Waals surface area contributed by atoms with Crippen LogP contribution in [0.5, 0.6) is 0 Å². The summed E-state index contributed by atoms with van der Waals surface area (Å²) in [7, 11) is 1.86. The van der Waals surface area contributed by atoms with Crippen molar-refractivity contribution >= 4 is 17.3 Å². The van der Waals surface area contributed by atoms with Crippen LogP contribution in [0.3, 0.4) is 0 Å². The normalized spacial score (nSPS) is 10.3. The minimum absolute atomic E-state index is 0.000408. The van der Waals surface area contributed by atoms with Crippen LogP contribution in [-0.2, 0) is 13.5 Å². The number of aromatic carboxylic acids is 1. The molecule has 2 rings (SSSR count).